The van der Waals surface area contributed by atoms with E-state index in [9.17, 15) is 13.2 Å². The highest BCUT2D eigenvalue weighted by molar-refractivity contribution is 7.91. The van der Waals surface area contributed by atoms with Gasteiger partial charge >= 0.3 is 5.97 Å². The van der Waals surface area contributed by atoms with Crippen LogP contribution in [0.1, 0.15) is 12.5 Å². The minimum Gasteiger partial charge on any atom is -0.481 e. The van der Waals surface area contributed by atoms with E-state index in [2.05, 4.69) is 0 Å². The topological polar surface area (TPSA) is 91.7 Å². The molecule has 1 unspecified atom stereocenters. The van der Waals surface area contributed by atoms with E-state index >= 15 is 0 Å². The lowest BCUT2D eigenvalue weighted by molar-refractivity contribution is -0.136. The molecule has 0 spiro atoms. The molecule has 0 aromatic heterocycles. The Kier molecular flexibility index (Phi) is 4.86. The monoisotopic (exact) mass is 272 g/mol. The quantitative estimate of drug-likeness (QED) is 0.796. The normalized spacial score (nSPS) is 13.2. The first-order valence-corrected chi connectivity index (χ1v) is 7.14. The summed E-state index contributed by atoms with van der Waals surface area (Å²) in [7, 11) is -3.42. The molecule has 0 aliphatic heterocycles. The highest BCUT2D eigenvalue weighted by Crippen LogP contribution is 2.15. The van der Waals surface area contributed by atoms with Crippen molar-refractivity contribution < 1.29 is 23.4 Å². The van der Waals surface area contributed by atoms with Crippen LogP contribution in [0.15, 0.2) is 29.2 Å². The second-order valence-electron chi connectivity index (χ2n) is 4.28. The summed E-state index contributed by atoms with van der Waals surface area (Å²) in [5.74, 6) is -1.41. The number of aliphatic hydroxyl groups excluding tert-OH is 1. The number of aliphatic carboxylic acids is 1. The smallest absolute Gasteiger partial charge is 0.307 e. The van der Waals surface area contributed by atoms with E-state index in [0.29, 0.717) is 5.56 Å². The van der Waals surface area contributed by atoms with Gasteiger partial charge in [-0.05, 0) is 23.6 Å². The molecule has 1 aromatic carbocycles. The Balaban J connectivity index is 2.87. The fourth-order valence-corrected chi connectivity index (χ4v) is 3.11. The molecule has 18 heavy (non-hydrogen) atoms. The van der Waals surface area contributed by atoms with Crippen LogP contribution in [0.3, 0.4) is 0 Å². The van der Waals surface area contributed by atoms with Crippen molar-refractivity contribution >= 4 is 15.8 Å². The predicted octanol–water partition coefficient (Wildman–Crippen LogP) is 0.716. The highest BCUT2D eigenvalue weighted by Gasteiger charge is 2.18. The molecule has 0 radical (unpaired) electrons. The second kappa shape index (κ2) is 5.97. The van der Waals surface area contributed by atoms with Crippen LogP contribution >= 0.6 is 0 Å². The number of rotatable bonds is 6. The molecule has 1 atom stereocenters. The van der Waals surface area contributed by atoms with Gasteiger partial charge in [0.25, 0.3) is 0 Å². The number of hydrogen-bond acceptors (Lipinski definition) is 4. The number of carbonyl (C=O) groups is 1. The van der Waals surface area contributed by atoms with Crippen LogP contribution in [0, 0.1) is 5.92 Å². The van der Waals surface area contributed by atoms with Crippen molar-refractivity contribution in [3.05, 3.63) is 29.8 Å². The summed E-state index contributed by atoms with van der Waals surface area (Å²) in [6.07, 6.45) is -0.132. The summed E-state index contributed by atoms with van der Waals surface area (Å²) in [5.41, 5.74) is 0.552. The maximum absolute atomic E-state index is 11.9. The van der Waals surface area contributed by atoms with E-state index in [1.54, 1.807) is 6.92 Å². The molecule has 5 nitrogen and oxygen atoms in total. The fraction of sp³-hybridized carbons (Fsp3) is 0.417. The third kappa shape index (κ3) is 4.12. The minimum atomic E-state index is -3.42. The molecule has 6 heteroatoms. The van der Waals surface area contributed by atoms with Gasteiger partial charge in [-0.25, -0.2) is 8.42 Å². The first kappa shape index (κ1) is 14.7. The van der Waals surface area contributed by atoms with E-state index < -0.39 is 15.8 Å². The molecule has 0 bridgehead atoms. The summed E-state index contributed by atoms with van der Waals surface area (Å²) in [6, 6.07) is 5.78. The number of benzene rings is 1. The molecule has 0 saturated heterocycles. The van der Waals surface area contributed by atoms with Crippen molar-refractivity contribution in [1.29, 1.82) is 0 Å². The van der Waals surface area contributed by atoms with Gasteiger partial charge in [0.15, 0.2) is 9.84 Å². The van der Waals surface area contributed by atoms with Crippen LogP contribution < -0.4 is 0 Å². The predicted molar refractivity (Wildman–Crippen MR) is 66.1 cm³/mol. The zero-order valence-corrected chi connectivity index (χ0v) is 10.9. The number of carboxylic acid groups (broad SMARTS) is 1. The Hall–Kier alpha value is -1.40. The Morgan fingerprint density at radius 1 is 1.28 bits per heavy atom. The van der Waals surface area contributed by atoms with E-state index in [1.165, 1.54) is 24.3 Å². The lowest BCUT2D eigenvalue weighted by Crippen LogP contribution is -2.16. The van der Waals surface area contributed by atoms with E-state index in [4.69, 9.17) is 10.2 Å². The largest absolute Gasteiger partial charge is 0.481 e. The van der Waals surface area contributed by atoms with Crippen molar-refractivity contribution in [2.45, 2.75) is 18.2 Å². The Bertz CT molecular complexity index is 504. The maximum atomic E-state index is 11.9. The third-order valence-corrected chi connectivity index (χ3v) is 4.45. The SMILES string of the molecule is CC(CO)CS(=O)(=O)c1ccc(CC(=O)O)cc1. The van der Waals surface area contributed by atoms with Gasteiger partial charge in [-0.2, -0.15) is 0 Å². The maximum Gasteiger partial charge on any atom is 0.307 e. The zero-order chi connectivity index (χ0) is 13.8. The van der Waals surface area contributed by atoms with Crippen LogP contribution in [0.4, 0.5) is 0 Å². The molecule has 100 valence electrons. The fourth-order valence-electron chi connectivity index (χ4n) is 1.51. The molecular formula is C12H16O5S. The van der Waals surface area contributed by atoms with Crippen molar-refractivity contribution in [2.75, 3.05) is 12.4 Å². The molecule has 1 rings (SSSR count). The van der Waals surface area contributed by atoms with Gasteiger partial charge < -0.3 is 10.2 Å². The van der Waals surface area contributed by atoms with Gasteiger partial charge in [0.05, 0.1) is 17.1 Å². The lowest BCUT2D eigenvalue weighted by Gasteiger charge is -2.09. The Morgan fingerprint density at radius 3 is 2.28 bits per heavy atom. The van der Waals surface area contributed by atoms with Crippen molar-refractivity contribution in [2.24, 2.45) is 5.92 Å². The second-order valence-corrected chi connectivity index (χ2v) is 6.32. The Morgan fingerprint density at radius 2 is 1.83 bits per heavy atom. The molecule has 0 heterocycles. The first-order valence-electron chi connectivity index (χ1n) is 5.49. The summed E-state index contributed by atoms with van der Waals surface area (Å²) in [6.45, 7) is 1.46. The molecule has 2 N–H and O–H groups in total. The third-order valence-electron chi connectivity index (χ3n) is 2.45. The van der Waals surface area contributed by atoms with Crippen molar-refractivity contribution in [3.8, 4) is 0 Å². The minimum absolute atomic E-state index is 0.123. The van der Waals surface area contributed by atoms with Gasteiger partial charge in [0.1, 0.15) is 0 Å². The number of carboxylic acids is 1. The number of sulfone groups is 1. The van der Waals surface area contributed by atoms with Gasteiger partial charge in [-0.1, -0.05) is 19.1 Å². The van der Waals surface area contributed by atoms with Gasteiger partial charge in [-0.3, -0.25) is 4.79 Å². The Labute approximate surface area is 106 Å². The number of hydrogen-bond donors (Lipinski definition) is 2. The molecule has 0 saturated carbocycles. The summed E-state index contributed by atoms with van der Waals surface area (Å²) >= 11 is 0. The van der Waals surface area contributed by atoms with Crippen molar-refractivity contribution in [1.82, 2.24) is 0 Å². The average molecular weight is 272 g/mol. The van der Waals surface area contributed by atoms with Crippen LogP contribution in [-0.4, -0.2) is 37.0 Å². The van der Waals surface area contributed by atoms with E-state index in [-0.39, 0.29) is 29.6 Å². The average Bonchev–Trinajstić information content (AvgIpc) is 2.28. The van der Waals surface area contributed by atoms with Gasteiger partial charge in [0, 0.05) is 6.61 Å². The summed E-state index contributed by atoms with van der Waals surface area (Å²) in [4.78, 5) is 10.6. The van der Waals surface area contributed by atoms with E-state index in [1.807, 2.05) is 0 Å². The summed E-state index contributed by atoms with van der Waals surface area (Å²) in [5, 5.41) is 17.5. The van der Waals surface area contributed by atoms with E-state index in [0.717, 1.165) is 0 Å². The van der Waals surface area contributed by atoms with Crippen LogP contribution in [-0.2, 0) is 21.1 Å². The highest BCUT2D eigenvalue weighted by atomic mass is 32.2. The first-order chi connectivity index (χ1) is 8.35. The lowest BCUT2D eigenvalue weighted by atomic mass is 10.2. The van der Waals surface area contributed by atoms with Crippen LogP contribution in [0.2, 0.25) is 0 Å². The van der Waals surface area contributed by atoms with Crippen molar-refractivity contribution in [3.63, 3.8) is 0 Å². The molecule has 1 aromatic rings. The number of aliphatic hydroxyl groups is 1. The molecule has 0 aliphatic carbocycles. The molecule has 0 fully saturated rings. The van der Waals surface area contributed by atoms with Crippen LogP contribution in [0.25, 0.3) is 0 Å². The molecule has 0 amide bonds. The van der Waals surface area contributed by atoms with Gasteiger partial charge in [0.2, 0.25) is 0 Å². The standard InChI is InChI=1S/C12H16O5S/c1-9(7-13)8-18(16,17)11-4-2-10(3-5-11)6-12(14)15/h2-5,9,13H,6-8H2,1H3,(H,14,15). The molecular weight excluding hydrogens is 256 g/mol. The molecule has 0 aliphatic rings. The summed E-state index contributed by atoms with van der Waals surface area (Å²) < 4.78 is 23.8. The van der Waals surface area contributed by atoms with Gasteiger partial charge in [-0.15, -0.1) is 0 Å². The van der Waals surface area contributed by atoms with Crippen LogP contribution in [0.5, 0.6) is 0 Å². The zero-order valence-electron chi connectivity index (χ0n) is 10.0.